The third kappa shape index (κ3) is 4.94. The lowest BCUT2D eigenvalue weighted by Crippen LogP contribution is -2.45. The second-order valence-corrected chi connectivity index (χ2v) is 6.72. The Hall–Kier alpha value is -1.11. The van der Waals surface area contributed by atoms with Crippen molar-refractivity contribution >= 4 is 0 Å². The van der Waals surface area contributed by atoms with Gasteiger partial charge in [-0.2, -0.15) is 13.2 Å². The van der Waals surface area contributed by atoms with E-state index in [1.54, 1.807) is 19.2 Å². The molecule has 1 unspecified atom stereocenters. The van der Waals surface area contributed by atoms with Crippen LogP contribution >= 0.6 is 0 Å². The van der Waals surface area contributed by atoms with Gasteiger partial charge in [-0.25, -0.2) is 0 Å². The largest absolute Gasteiger partial charge is 0.416 e. The summed E-state index contributed by atoms with van der Waals surface area (Å²) < 4.78 is 44.5. The SMILES string of the molecule is COCCCC1(CO)CCCN(Cc2ccccc2C(F)(F)F)C1. The summed E-state index contributed by atoms with van der Waals surface area (Å²) >= 11 is 0. The first-order valence-corrected chi connectivity index (χ1v) is 8.37. The minimum absolute atomic E-state index is 0.0636. The van der Waals surface area contributed by atoms with Crippen LogP contribution in [0.25, 0.3) is 0 Å². The van der Waals surface area contributed by atoms with Crippen LogP contribution in [0.15, 0.2) is 24.3 Å². The molecule has 1 fully saturated rings. The summed E-state index contributed by atoms with van der Waals surface area (Å²) in [6, 6.07) is 5.75. The summed E-state index contributed by atoms with van der Waals surface area (Å²) in [5.41, 5.74) is -0.496. The molecule has 1 aliphatic rings. The van der Waals surface area contributed by atoms with Crippen LogP contribution in [0.1, 0.15) is 36.8 Å². The van der Waals surface area contributed by atoms with Crippen molar-refractivity contribution in [3.63, 3.8) is 0 Å². The minimum Gasteiger partial charge on any atom is -0.396 e. The zero-order valence-corrected chi connectivity index (χ0v) is 14.1. The molecule has 1 N–H and O–H groups in total. The summed E-state index contributed by atoms with van der Waals surface area (Å²) in [6.45, 7) is 2.35. The Morgan fingerprint density at radius 3 is 2.71 bits per heavy atom. The first-order chi connectivity index (χ1) is 11.4. The molecule has 0 aliphatic carbocycles. The van der Waals surface area contributed by atoms with Crippen molar-refractivity contribution in [1.29, 1.82) is 0 Å². The van der Waals surface area contributed by atoms with Crippen LogP contribution in [0.3, 0.4) is 0 Å². The van der Waals surface area contributed by atoms with Gasteiger partial charge in [0.2, 0.25) is 0 Å². The molecule has 0 amide bonds. The van der Waals surface area contributed by atoms with E-state index in [4.69, 9.17) is 4.74 Å². The number of alkyl halides is 3. The Morgan fingerprint density at radius 2 is 2.04 bits per heavy atom. The van der Waals surface area contributed by atoms with Crippen molar-refractivity contribution in [2.45, 2.75) is 38.4 Å². The second kappa shape index (κ2) is 8.32. The van der Waals surface area contributed by atoms with Crippen LogP contribution in [-0.2, 0) is 17.5 Å². The number of methoxy groups -OCH3 is 1. The molecule has 136 valence electrons. The zero-order valence-electron chi connectivity index (χ0n) is 14.1. The molecule has 2 rings (SSSR count). The third-order valence-corrected chi connectivity index (χ3v) is 4.85. The Labute approximate surface area is 141 Å². The monoisotopic (exact) mass is 345 g/mol. The van der Waals surface area contributed by atoms with Crippen LogP contribution in [0.5, 0.6) is 0 Å². The number of benzene rings is 1. The van der Waals surface area contributed by atoms with Crippen molar-refractivity contribution < 1.29 is 23.0 Å². The maximum absolute atomic E-state index is 13.2. The molecule has 0 bridgehead atoms. The van der Waals surface area contributed by atoms with Gasteiger partial charge in [0.05, 0.1) is 5.56 Å². The van der Waals surface area contributed by atoms with Gasteiger partial charge in [0.1, 0.15) is 0 Å². The van der Waals surface area contributed by atoms with E-state index in [0.717, 1.165) is 38.3 Å². The normalized spacial score (nSPS) is 22.7. The van der Waals surface area contributed by atoms with E-state index >= 15 is 0 Å². The van der Waals surface area contributed by atoms with Crippen molar-refractivity contribution in [1.82, 2.24) is 4.90 Å². The van der Waals surface area contributed by atoms with Gasteiger partial charge in [0.25, 0.3) is 0 Å². The van der Waals surface area contributed by atoms with Gasteiger partial charge in [-0.3, -0.25) is 4.90 Å². The predicted octanol–water partition coefficient (Wildman–Crippen LogP) is 3.71. The lowest BCUT2D eigenvalue weighted by molar-refractivity contribution is -0.138. The summed E-state index contributed by atoms with van der Waals surface area (Å²) in [5.74, 6) is 0. The summed E-state index contributed by atoms with van der Waals surface area (Å²) in [5, 5.41) is 9.86. The molecule has 0 saturated carbocycles. The molecule has 1 saturated heterocycles. The fourth-order valence-electron chi connectivity index (χ4n) is 3.62. The Bertz CT molecular complexity index is 521. The molecule has 0 radical (unpaired) electrons. The van der Waals surface area contributed by atoms with Crippen LogP contribution < -0.4 is 0 Å². The van der Waals surface area contributed by atoms with E-state index < -0.39 is 11.7 Å². The number of piperidine rings is 1. The molecular formula is C18H26F3NO2. The standard InChI is InChI=1S/C18H26F3NO2/c1-24-11-5-9-17(14-23)8-4-10-22(13-17)12-15-6-2-3-7-16(15)18(19,20)21/h2-3,6-7,23H,4-5,8-14H2,1H3. The number of rotatable bonds is 7. The highest BCUT2D eigenvalue weighted by Gasteiger charge is 2.36. The topological polar surface area (TPSA) is 32.7 Å². The van der Waals surface area contributed by atoms with Crippen LogP contribution in [-0.4, -0.2) is 43.4 Å². The number of aliphatic hydroxyl groups excluding tert-OH is 1. The fraction of sp³-hybridized carbons (Fsp3) is 0.667. The summed E-state index contributed by atoms with van der Waals surface area (Å²) in [4.78, 5) is 2.04. The van der Waals surface area contributed by atoms with Gasteiger partial charge in [-0.1, -0.05) is 18.2 Å². The zero-order chi connectivity index (χ0) is 17.6. The Morgan fingerprint density at radius 1 is 1.29 bits per heavy atom. The molecule has 6 heteroatoms. The molecule has 1 aromatic rings. The third-order valence-electron chi connectivity index (χ3n) is 4.85. The van der Waals surface area contributed by atoms with Gasteiger partial charge >= 0.3 is 6.18 Å². The highest BCUT2D eigenvalue weighted by Crippen LogP contribution is 2.37. The highest BCUT2D eigenvalue weighted by atomic mass is 19.4. The van der Waals surface area contributed by atoms with Crippen LogP contribution in [0, 0.1) is 5.41 Å². The van der Waals surface area contributed by atoms with E-state index in [1.165, 1.54) is 6.07 Å². The molecular weight excluding hydrogens is 319 g/mol. The van der Waals surface area contributed by atoms with Crippen LogP contribution in [0.2, 0.25) is 0 Å². The Kier molecular flexibility index (Phi) is 6.66. The molecule has 1 aliphatic heterocycles. The van der Waals surface area contributed by atoms with Crippen molar-refractivity contribution in [3.8, 4) is 0 Å². The predicted molar refractivity (Wildman–Crippen MR) is 86.6 cm³/mol. The molecule has 1 atom stereocenters. The minimum atomic E-state index is -4.33. The van der Waals surface area contributed by atoms with Crippen molar-refractivity contribution in [2.24, 2.45) is 5.41 Å². The maximum atomic E-state index is 13.2. The van der Waals surface area contributed by atoms with E-state index in [1.807, 2.05) is 4.90 Å². The van der Waals surface area contributed by atoms with Crippen LogP contribution in [0.4, 0.5) is 13.2 Å². The number of nitrogens with zero attached hydrogens (tertiary/aromatic N) is 1. The number of hydrogen-bond acceptors (Lipinski definition) is 3. The highest BCUT2D eigenvalue weighted by molar-refractivity contribution is 5.29. The van der Waals surface area contributed by atoms with Gasteiger partial charge in [-0.15, -0.1) is 0 Å². The molecule has 3 nitrogen and oxygen atoms in total. The van der Waals surface area contributed by atoms with Gasteiger partial charge < -0.3 is 9.84 Å². The molecule has 0 aromatic heterocycles. The Balaban J connectivity index is 2.08. The number of halogens is 3. The lowest BCUT2D eigenvalue weighted by Gasteiger charge is -2.42. The van der Waals surface area contributed by atoms with Gasteiger partial charge in [0, 0.05) is 38.8 Å². The van der Waals surface area contributed by atoms with Crippen molar-refractivity contribution in [3.05, 3.63) is 35.4 Å². The van der Waals surface area contributed by atoms with Gasteiger partial charge in [-0.05, 0) is 43.9 Å². The van der Waals surface area contributed by atoms with Gasteiger partial charge in [0.15, 0.2) is 0 Å². The maximum Gasteiger partial charge on any atom is 0.416 e. The number of likely N-dealkylation sites (tertiary alicyclic amines) is 1. The first kappa shape index (κ1) is 19.2. The fourth-order valence-corrected chi connectivity index (χ4v) is 3.62. The average molecular weight is 345 g/mol. The lowest BCUT2D eigenvalue weighted by atomic mass is 9.77. The van der Waals surface area contributed by atoms with E-state index in [0.29, 0.717) is 18.7 Å². The summed E-state index contributed by atoms with van der Waals surface area (Å²) in [7, 11) is 1.65. The van der Waals surface area contributed by atoms with E-state index in [-0.39, 0.29) is 18.6 Å². The molecule has 1 aromatic carbocycles. The number of ether oxygens (including phenoxy) is 1. The first-order valence-electron chi connectivity index (χ1n) is 8.37. The van der Waals surface area contributed by atoms with E-state index in [2.05, 4.69) is 0 Å². The molecule has 0 spiro atoms. The van der Waals surface area contributed by atoms with E-state index in [9.17, 15) is 18.3 Å². The molecule has 24 heavy (non-hydrogen) atoms. The quantitative estimate of drug-likeness (QED) is 0.765. The average Bonchev–Trinajstić information content (AvgIpc) is 2.55. The number of hydrogen-bond donors (Lipinski definition) is 1. The summed E-state index contributed by atoms with van der Waals surface area (Å²) in [6.07, 6.45) is -0.857. The van der Waals surface area contributed by atoms with Crippen molar-refractivity contribution in [2.75, 3.05) is 33.4 Å². The molecule has 1 heterocycles. The second-order valence-electron chi connectivity index (χ2n) is 6.72. The number of aliphatic hydroxyl groups is 1. The smallest absolute Gasteiger partial charge is 0.396 e.